The summed E-state index contributed by atoms with van der Waals surface area (Å²) in [5.41, 5.74) is 0.272. The smallest absolute Gasteiger partial charge is 0.378 e. The van der Waals surface area contributed by atoms with Crippen LogP contribution in [0.3, 0.4) is 0 Å². The third-order valence-electron chi connectivity index (χ3n) is 4.98. The molecule has 0 aromatic carbocycles. The minimum Gasteiger partial charge on any atom is -0.378 e. The number of ether oxygens (including phenoxy) is 1. The maximum atomic E-state index is 12.3. The average molecular weight is 346 g/mol. The van der Waals surface area contributed by atoms with E-state index in [-0.39, 0.29) is 23.2 Å². The van der Waals surface area contributed by atoms with Crippen molar-refractivity contribution in [1.82, 2.24) is 15.1 Å². The second-order valence-corrected chi connectivity index (χ2v) is 6.46. The Morgan fingerprint density at radius 3 is 2.83 bits per heavy atom. The van der Waals surface area contributed by atoms with E-state index in [1.165, 1.54) is 6.20 Å². The molecule has 0 aliphatic heterocycles. The molecule has 1 aromatic heterocycles. The molecule has 24 heavy (non-hydrogen) atoms. The molecule has 1 heterocycles. The number of anilines is 1. The van der Waals surface area contributed by atoms with E-state index in [1.807, 2.05) is 6.92 Å². The lowest BCUT2D eigenvalue weighted by Gasteiger charge is -2.60. The van der Waals surface area contributed by atoms with Crippen molar-refractivity contribution in [2.45, 2.75) is 57.5 Å². The van der Waals surface area contributed by atoms with Gasteiger partial charge in [0.25, 0.3) is 0 Å². The first-order valence-corrected chi connectivity index (χ1v) is 8.11. The molecule has 0 bridgehead atoms. The van der Waals surface area contributed by atoms with Gasteiger partial charge in [-0.1, -0.05) is 6.42 Å². The molecule has 2 aliphatic carbocycles. The summed E-state index contributed by atoms with van der Waals surface area (Å²) in [6.45, 7) is 1.43. The Kier molecular flexibility index (Phi) is 4.46. The van der Waals surface area contributed by atoms with E-state index in [2.05, 4.69) is 15.7 Å². The number of amides is 2. The lowest BCUT2D eigenvalue weighted by molar-refractivity contribution is -0.169. The number of nitrogens with one attached hydrogen (secondary N) is 2. The average Bonchev–Trinajstić information content (AvgIpc) is 2.80. The molecule has 3 rings (SSSR count). The summed E-state index contributed by atoms with van der Waals surface area (Å²) in [4.78, 5) is 12.1. The van der Waals surface area contributed by atoms with Gasteiger partial charge in [0, 0.05) is 24.3 Å². The van der Waals surface area contributed by atoms with E-state index in [4.69, 9.17) is 4.74 Å². The molecule has 2 N–H and O–H groups in total. The molecule has 2 amide bonds. The van der Waals surface area contributed by atoms with Crippen LogP contribution < -0.4 is 10.6 Å². The number of urea groups is 1. The van der Waals surface area contributed by atoms with E-state index < -0.39 is 18.8 Å². The number of rotatable bonds is 5. The zero-order valence-electron chi connectivity index (χ0n) is 13.4. The van der Waals surface area contributed by atoms with Crippen molar-refractivity contribution in [1.29, 1.82) is 0 Å². The summed E-state index contributed by atoms with van der Waals surface area (Å²) < 4.78 is 43.4. The number of carbonyl (C=O) groups excluding carboxylic acids is 1. The number of carbonyl (C=O) groups is 1. The van der Waals surface area contributed by atoms with Crippen LogP contribution in [0.2, 0.25) is 0 Å². The first-order chi connectivity index (χ1) is 11.3. The predicted molar refractivity (Wildman–Crippen MR) is 80.5 cm³/mol. The quantitative estimate of drug-likeness (QED) is 0.861. The van der Waals surface area contributed by atoms with Crippen LogP contribution in [-0.2, 0) is 11.3 Å². The van der Waals surface area contributed by atoms with Crippen molar-refractivity contribution in [2.75, 3.05) is 11.9 Å². The van der Waals surface area contributed by atoms with Crippen LogP contribution in [-0.4, -0.2) is 40.7 Å². The monoisotopic (exact) mass is 346 g/mol. The molecule has 0 radical (unpaired) electrons. The van der Waals surface area contributed by atoms with Crippen molar-refractivity contribution in [2.24, 2.45) is 5.41 Å². The fraction of sp³-hybridized carbons (Fsp3) is 0.733. The van der Waals surface area contributed by atoms with E-state index in [1.54, 1.807) is 0 Å². The zero-order valence-corrected chi connectivity index (χ0v) is 13.4. The van der Waals surface area contributed by atoms with Crippen LogP contribution >= 0.6 is 0 Å². The van der Waals surface area contributed by atoms with Gasteiger partial charge in [0.1, 0.15) is 6.54 Å². The number of halogens is 3. The highest BCUT2D eigenvalue weighted by Gasteiger charge is 2.59. The highest BCUT2D eigenvalue weighted by Crippen LogP contribution is 2.57. The topological polar surface area (TPSA) is 68.2 Å². The Labute approximate surface area is 137 Å². The van der Waals surface area contributed by atoms with Crippen LogP contribution in [0.15, 0.2) is 12.4 Å². The van der Waals surface area contributed by atoms with E-state index in [0.717, 1.165) is 36.6 Å². The second-order valence-electron chi connectivity index (χ2n) is 6.46. The highest BCUT2D eigenvalue weighted by molar-refractivity contribution is 5.89. The highest BCUT2D eigenvalue weighted by atomic mass is 19.4. The minimum atomic E-state index is -4.34. The van der Waals surface area contributed by atoms with Gasteiger partial charge in [-0.3, -0.25) is 4.68 Å². The van der Waals surface area contributed by atoms with Crippen molar-refractivity contribution in [3.8, 4) is 0 Å². The molecule has 2 atom stereocenters. The normalized spacial score (nSPS) is 25.0. The van der Waals surface area contributed by atoms with E-state index >= 15 is 0 Å². The van der Waals surface area contributed by atoms with Crippen LogP contribution in [0.5, 0.6) is 0 Å². The Morgan fingerprint density at radius 2 is 2.25 bits per heavy atom. The summed E-state index contributed by atoms with van der Waals surface area (Å²) in [5.74, 6) is 0. The predicted octanol–water partition coefficient (Wildman–Crippen LogP) is 2.91. The van der Waals surface area contributed by atoms with Crippen molar-refractivity contribution in [3.05, 3.63) is 12.4 Å². The maximum absolute atomic E-state index is 12.3. The standard InChI is InChI=1S/C15H21F3N4O2/c1-2-24-12-6-11(14(12)4-3-5-14)21-13(23)20-10-7-19-22(8-10)9-15(16,17)18/h7-8,11-12H,2-6,9H2,1H3,(H2,20,21,23)/t11-,12-/m0/s1. The lowest BCUT2D eigenvalue weighted by Crippen LogP contribution is -2.68. The second kappa shape index (κ2) is 6.27. The van der Waals surface area contributed by atoms with Gasteiger partial charge in [-0.05, 0) is 26.2 Å². The third-order valence-corrected chi connectivity index (χ3v) is 4.98. The van der Waals surface area contributed by atoms with E-state index in [9.17, 15) is 18.0 Å². The molecule has 2 aliphatic rings. The van der Waals surface area contributed by atoms with Crippen LogP contribution in [0.25, 0.3) is 0 Å². The molecule has 2 saturated carbocycles. The largest absolute Gasteiger partial charge is 0.408 e. The zero-order chi connectivity index (χ0) is 17.4. The molecular weight excluding hydrogens is 325 g/mol. The Hall–Kier alpha value is -1.77. The molecule has 1 spiro atoms. The minimum absolute atomic E-state index is 0.0355. The van der Waals surface area contributed by atoms with Crippen molar-refractivity contribution in [3.63, 3.8) is 0 Å². The van der Waals surface area contributed by atoms with Gasteiger partial charge in [-0.2, -0.15) is 18.3 Å². The molecule has 1 aromatic rings. The molecular formula is C15H21F3N4O2. The van der Waals surface area contributed by atoms with Gasteiger partial charge in [0.15, 0.2) is 0 Å². The van der Waals surface area contributed by atoms with Gasteiger partial charge < -0.3 is 15.4 Å². The van der Waals surface area contributed by atoms with Gasteiger partial charge in [-0.25, -0.2) is 4.79 Å². The first kappa shape index (κ1) is 17.1. The van der Waals surface area contributed by atoms with E-state index in [0.29, 0.717) is 6.61 Å². The molecule has 6 nitrogen and oxygen atoms in total. The van der Waals surface area contributed by atoms with Crippen LogP contribution in [0, 0.1) is 5.41 Å². The Bertz CT molecular complexity index is 598. The van der Waals surface area contributed by atoms with Gasteiger partial charge in [-0.15, -0.1) is 0 Å². The summed E-state index contributed by atoms with van der Waals surface area (Å²) in [7, 11) is 0. The Morgan fingerprint density at radius 1 is 1.50 bits per heavy atom. The summed E-state index contributed by atoms with van der Waals surface area (Å²) in [6, 6.07) is -0.374. The first-order valence-electron chi connectivity index (χ1n) is 8.11. The summed E-state index contributed by atoms with van der Waals surface area (Å²) in [5, 5.41) is 9.05. The summed E-state index contributed by atoms with van der Waals surface area (Å²) >= 11 is 0. The van der Waals surface area contributed by atoms with Crippen LogP contribution in [0.1, 0.15) is 32.6 Å². The SMILES string of the molecule is CCO[C@H]1C[C@H](NC(=O)Nc2cnn(CC(F)(F)F)c2)C12CCC2. The van der Waals surface area contributed by atoms with Crippen LogP contribution in [0.4, 0.5) is 23.7 Å². The number of alkyl halides is 3. The van der Waals surface area contributed by atoms with Gasteiger partial charge >= 0.3 is 12.2 Å². The Balaban J connectivity index is 1.51. The maximum Gasteiger partial charge on any atom is 0.408 e. The van der Waals surface area contributed by atoms with Crippen molar-refractivity contribution < 1.29 is 22.7 Å². The molecule has 0 unspecified atom stereocenters. The molecule has 2 fully saturated rings. The van der Waals surface area contributed by atoms with Gasteiger partial charge in [0.05, 0.1) is 18.0 Å². The number of nitrogens with zero attached hydrogens (tertiary/aromatic N) is 2. The molecule has 9 heteroatoms. The third kappa shape index (κ3) is 3.35. The molecule has 134 valence electrons. The fourth-order valence-electron chi connectivity index (χ4n) is 3.66. The number of hydrogen-bond acceptors (Lipinski definition) is 3. The van der Waals surface area contributed by atoms with Gasteiger partial charge in [0.2, 0.25) is 0 Å². The number of hydrogen-bond donors (Lipinski definition) is 2. The fourth-order valence-corrected chi connectivity index (χ4v) is 3.66. The lowest BCUT2D eigenvalue weighted by atomic mass is 9.51. The van der Waals surface area contributed by atoms with Crippen molar-refractivity contribution >= 4 is 11.7 Å². The number of aromatic nitrogens is 2. The molecule has 0 saturated heterocycles. The summed E-state index contributed by atoms with van der Waals surface area (Å²) in [6.07, 6.45) is 2.18.